The van der Waals surface area contributed by atoms with Gasteiger partial charge in [0.1, 0.15) is 0 Å². The summed E-state index contributed by atoms with van der Waals surface area (Å²) in [6, 6.07) is 6.20. The maximum Gasteiger partial charge on any atom is 0.416 e. The fourth-order valence-electron chi connectivity index (χ4n) is 4.42. The van der Waals surface area contributed by atoms with Gasteiger partial charge < -0.3 is 15.5 Å². The van der Waals surface area contributed by atoms with Gasteiger partial charge in [0.15, 0.2) is 5.65 Å². The van der Waals surface area contributed by atoms with Crippen molar-refractivity contribution in [1.82, 2.24) is 20.5 Å². The molecule has 30 heavy (non-hydrogen) atoms. The molecule has 3 heterocycles. The molecule has 2 aromatic heterocycles. The molecule has 0 radical (unpaired) electrons. The molecule has 156 valence electrons. The molecule has 2 aliphatic rings. The van der Waals surface area contributed by atoms with Crippen molar-refractivity contribution in [2.24, 2.45) is 5.41 Å². The van der Waals surface area contributed by atoms with Crippen molar-refractivity contribution < 1.29 is 18.0 Å². The third kappa shape index (κ3) is 3.42. The lowest BCUT2D eigenvalue weighted by molar-refractivity contribution is -0.137. The van der Waals surface area contributed by atoms with Gasteiger partial charge >= 0.3 is 12.2 Å². The number of nitrogens with one attached hydrogen (secondary N) is 3. The van der Waals surface area contributed by atoms with Crippen LogP contribution in [-0.2, 0) is 6.18 Å². The fourth-order valence-corrected chi connectivity index (χ4v) is 4.42. The summed E-state index contributed by atoms with van der Waals surface area (Å²) in [7, 11) is 0. The quantitative estimate of drug-likeness (QED) is 0.607. The Morgan fingerprint density at radius 2 is 2.00 bits per heavy atom. The smallest absolute Gasteiger partial charge is 0.369 e. The van der Waals surface area contributed by atoms with Crippen molar-refractivity contribution in [2.45, 2.75) is 25.1 Å². The van der Waals surface area contributed by atoms with Crippen LogP contribution in [0, 0.1) is 5.41 Å². The van der Waals surface area contributed by atoms with Gasteiger partial charge in [-0.15, -0.1) is 0 Å². The zero-order valence-corrected chi connectivity index (χ0v) is 15.8. The van der Waals surface area contributed by atoms with Crippen LogP contribution in [-0.4, -0.2) is 40.3 Å². The Labute approximate surface area is 169 Å². The van der Waals surface area contributed by atoms with Gasteiger partial charge in [0.05, 0.1) is 23.6 Å². The van der Waals surface area contributed by atoms with Gasteiger partial charge in [-0.2, -0.15) is 18.3 Å². The first-order chi connectivity index (χ1) is 14.3. The number of alkyl halides is 3. The molecular formula is C20H19F3N6O. The zero-order valence-electron chi connectivity index (χ0n) is 15.8. The van der Waals surface area contributed by atoms with E-state index in [9.17, 15) is 18.0 Å². The van der Waals surface area contributed by atoms with E-state index in [0.29, 0.717) is 0 Å². The molecule has 7 nitrogen and oxygen atoms in total. The van der Waals surface area contributed by atoms with Gasteiger partial charge in [-0.3, -0.25) is 5.10 Å². The molecule has 2 amide bonds. The molecule has 1 saturated heterocycles. The Morgan fingerprint density at radius 3 is 2.77 bits per heavy atom. The van der Waals surface area contributed by atoms with E-state index in [-0.39, 0.29) is 17.1 Å². The monoisotopic (exact) mass is 416 g/mol. The van der Waals surface area contributed by atoms with Crippen molar-refractivity contribution in [1.29, 1.82) is 0 Å². The minimum absolute atomic E-state index is 0.0208. The second-order valence-electron chi connectivity index (χ2n) is 8.14. The Kier molecular flexibility index (Phi) is 4.12. The number of pyridine rings is 1. The zero-order chi connectivity index (χ0) is 20.9. The lowest BCUT2D eigenvalue weighted by Gasteiger charge is -2.59. The van der Waals surface area contributed by atoms with Gasteiger partial charge in [0, 0.05) is 35.6 Å². The molecule has 2 fully saturated rings. The summed E-state index contributed by atoms with van der Waals surface area (Å²) in [6.07, 6.45) is 0.821. The number of urea groups is 1. The summed E-state index contributed by atoms with van der Waals surface area (Å²) in [5.41, 5.74) is 1.32. The lowest BCUT2D eigenvalue weighted by atomic mass is 9.60. The van der Waals surface area contributed by atoms with Crippen LogP contribution >= 0.6 is 0 Å². The van der Waals surface area contributed by atoms with Gasteiger partial charge in [-0.25, -0.2) is 9.78 Å². The highest BCUT2D eigenvalue weighted by molar-refractivity contribution is 5.89. The SMILES string of the molecule is O=C(Nc1cccc(C(F)(F)F)c1)NC1CC2(C1)CN(c1cnc3[nH]ncc3c1)C2. The molecule has 1 spiro atoms. The number of aromatic nitrogens is 3. The fraction of sp³-hybridized carbons (Fsp3) is 0.350. The number of benzene rings is 1. The topological polar surface area (TPSA) is 85.9 Å². The first kappa shape index (κ1) is 18.7. The second kappa shape index (κ2) is 6.61. The van der Waals surface area contributed by atoms with Crippen LogP contribution in [0.25, 0.3) is 11.0 Å². The lowest BCUT2D eigenvalue weighted by Crippen LogP contribution is -2.67. The van der Waals surface area contributed by atoms with E-state index in [1.165, 1.54) is 12.1 Å². The van der Waals surface area contributed by atoms with Crippen LogP contribution in [0.15, 0.2) is 42.7 Å². The Bertz CT molecular complexity index is 1100. The van der Waals surface area contributed by atoms with Crippen LogP contribution < -0.4 is 15.5 Å². The molecule has 3 aromatic rings. The molecule has 0 unspecified atom stereocenters. The molecular weight excluding hydrogens is 397 g/mol. The van der Waals surface area contributed by atoms with Crippen LogP contribution in [0.2, 0.25) is 0 Å². The molecule has 5 rings (SSSR count). The molecule has 1 saturated carbocycles. The highest BCUT2D eigenvalue weighted by atomic mass is 19.4. The second-order valence-corrected chi connectivity index (χ2v) is 8.14. The normalized spacial score (nSPS) is 18.2. The van der Waals surface area contributed by atoms with Gasteiger partial charge in [-0.05, 0) is 37.1 Å². The molecule has 0 atom stereocenters. The van der Waals surface area contributed by atoms with E-state index < -0.39 is 17.8 Å². The van der Waals surface area contributed by atoms with Crippen LogP contribution in [0.4, 0.5) is 29.3 Å². The number of halogens is 3. The van der Waals surface area contributed by atoms with Crippen molar-refractivity contribution in [3.63, 3.8) is 0 Å². The van der Waals surface area contributed by atoms with E-state index in [1.54, 1.807) is 6.20 Å². The van der Waals surface area contributed by atoms with Crippen LogP contribution in [0.3, 0.4) is 0 Å². The first-order valence-corrected chi connectivity index (χ1v) is 9.59. The van der Waals surface area contributed by atoms with Crippen LogP contribution in [0.5, 0.6) is 0 Å². The minimum Gasteiger partial charge on any atom is -0.369 e. The number of carbonyl (C=O) groups excluding carboxylic acids is 1. The van der Waals surface area contributed by atoms with E-state index in [1.807, 2.05) is 6.20 Å². The highest BCUT2D eigenvalue weighted by Gasteiger charge is 2.52. The number of hydrogen-bond acceptors (Lipinski definition) is 4. The Morgan fingerprint density at radius 1 is 1.20 bits per heavy atom. The summed E-state index contributed by atoms with van der Waals surface area (Å²) >= 11 is 0. The minimum atomic E-state index is -4.44. The summed E-state index contributed by atoms with van der Waals surface area (Å²) in [5.74, 6) is 0. The van der Waals surface area contributed by atoms with Crippen molar-refractivity contribution in [2.75, 3.05) is 23.3 Å². The molecule has 1 aliphatic heterocycles. The highest BCUT2D eigenvalue weighted by Crippen LogP contribution is 2.49. The first-order valence-electron chi connectivity index (χ1n) is 9.59. The van der Waals surface area contributed by atoms with E-state index in [2.05, 4.69) is 36.8 Å². The summed E-state index contributed by atoms with van der Waals surface area (Å²) < 4.78 is 38.4. The number of hydrogen-bond donors (Lipinski definition) is 3. The molecule has 1 aromatic carbocycles. The van der Waals surface area contributed by atoms with Gasteiger partial charge in [-0.1, -0.05) is 6.07 Å². The van der Waals surface area contributed by atoms with Crippen molar-refractivity contribution in [3.8, 4) is 0 Å². The number of nitrogens with zero attached hydrogens (tertiary/aromatic N) is 3. The molecule has 10 heteroatoms. The number of aromatic amines is 1. The number of fused-ring (bicyclic) bond motifs is 1. The predicted octanol–water partition coefficient (Wildman–Crippen LogP) is 3.77. The number of H-pyrrole nitrogens is 1. The number of amides is 2. The maximum atomic E-state index is 12.8. The average Bonchev–Trinajstić information content (AvgIpc) is 3.09. The predicted molar refractivity (Wildman–Crippen MR) is 105 cm³/mol. The van der Waals surface area contributed by atoms with E-state index in [4.69, 9.17) is 0 Å². The number of rotatable bonds is 3. The number of carbonyl (C=O) groups is 1. The Hall–Kier alpha value is -3.30. The largest absolute Gasteiger partial charge is 0.416 e. The third-order valence-electron chi connectivity index (χ3n) is 5.84. The number of anilines is 2. The van der Waals surface area contributed by atoms with Gasteiger partial charge in [0.2, 0.25) is 0 Å². The molecule has 0 bridgehead atoms. The third-order valence-corrected chi connectivity index (χ3v) is 5.84. The summed E-state index contributed by atoms with van der Waals surface area (Å²) in [5, 5.41) is 13.1. The van der Waals surface area contributed by atoms with Crippen molar-refractivity contribution >= 4 is 28.4 Å². The van der Waals surface area contributed by atoms with E-state index in [0.717, 1.165) is 54.8 Å². The standard InChI is InChI=1S/C20H19F3N6O/c21-20(22,23)13-2-1-3-14(5-13)26-18(30)27-15-6-19(7-15)10-29(11-19)16-4-12-8-25-28-17(12)24-9-16/h1-5,8-9,15H,6-7,10-11H2,(H,24,25,28)(H2,26,27,30). The maximum absolute atomic E-state index is 12.8. The average molecular weight is 416 g/mol. The Balaban J connectivity index is 1.11. The van der Waals surface area contributed by atoms with Crippen molar-refractivity contribution in [3.05, 3.63) is 48.3 Å². The van der Waals surface area contributed by atoms with Gasteiger partial charge in [0.25, 0.3) is 0 Å². The summed E-state index contributed by atoms with van der Waals surface area (Å²) in [4.78, 5) is 18.8. The van der Waals surface area contributed by atoms with Crippen LogP contribution in [0.1, 0.15) is 18.4 Å². The molecule has 3 N–H and O–H groups in total. The molecule has 1 aliphatic carbocycles. The summed E-state index contributed by atoms with van der Waals surface area (Å²) in [6.45, 7) is 1.79. The van der Waals surface area contributed by atoms with E-state index >= 15 is 0 Å².